The van der Waals surface area contributed by atoms with Crippen LogP contribution in [0.1, 0.15) is 29.7 Å². The van der Waals surface area contributed by atoms with Crippen LogP contribution < -0.4 is 0 Å². The fourth-order valence-corrected chi connectivity index (χ4v) is 3.41. The average molecular weight is 271 g/mol. The summed E-state index contributed by atoms with van der Waals surface area (Å²) < 4.78 is 8.10. The van der Waals surface area contributed by atoms with E-state index in [1.54, 1.807) is 11.3 Å². The number of furan rings is 1. The monoisotopic (exact) mass is 271 g/mol. The van der Waals surface area contributed by atoms with Crippen molar-refractivity contribution in [3.05, 3.63) is 70.1 Å². The van der Waals surface area contributed by atoms with Crippen molar-refractivity contribution < 1.29 is 4.42 Å². The number of rotatable bonds is 3. The summed E-state index contributed by atoms with van der Waals surface area (Å²) in [6.07, 6.45) is 2.08. The van der Waals surface area contributed by atoms with Crippen molar-refractivity contribution in [3.8, 4) is 0 Å². The molecule has 0 saturated carbocycles. The van der Waals surface area contributed by atoms with Crippen LogP contribution in [0.15, 0.2) is 51.7 Å². The molecule has 3 rings (SSSR count). The Morgan fingerprint density at radius 1 is 1.21 bits per heavy atom. The Labute approximate surface area is 117 Å². The van der Waals surface area contributed by atoms with Gasteiger partial charge in [-0.05, 0) is 60.5 Å². The van der Waals surface area contributed by atoms with Gasteiger partial charge in [0.05, 0.1) is 5.41 Å². The van der Waals surface area contributed by atoms with Crippen LogP contribution >= 0.6 is 11.3 Å². The molecular weight excluding hydrogens is 254 g/mol. The summed E-state index contributed by atoms with van der Waals surface area (Å²) in [4.78, 5) is 0. The third kappa shape index (κ3) is 1.85. The summed E-state index contributed by atoms with van der Waals surface area (Å²) in [6.45, 7) is 4.21. The first-order chi connectivity index (χ1) is 9.12. The van der Waals surface area contributed by atoms with Crippen LogP contribution in [0.25, 0.3) is 0 Å². The third-order valence-corrected chi connectivity index (χ3v) is 4.47. The van der Waals surface area contributed by atoms with E-state index in [0.717, 1.165) is 11.5 Å². The SMILES string of the molecule is Cc1ccc(C(C)(c2ccsc2)c2cccn2C)o1. The first kappa shape index (κ1) is 12.3. The van der Waals surface area contributed by atoms with Crippen molar-refractivity contribution in [3.63, 3.8) is 0 Å². The van der Waals surface area contributed by atoms with Gasteiger partial charge in [0, 0.05) is 18.9 Å². The van der Waals surface area contributed by atoms with Gasteiger partial charge in [-0.1, -0.05) is 0 Å². The van der Waals surface area contributed by atoms with Crippen LogP contribution in [0, 0.1) is 6.92 Å². The summed E-state index contributed by atoms with van der Waals surface area (Å²) in [7, 11) is 2.08. The fraction of sp³-hybridized carbons (Fsp3) is 0.250. The zero-order chi connectivity index (χ0) is 13.5. The highest BCUT2D eigenvalue weighted by atomic mass is 32.1. The van der Waals surface area contributed by atoms with E-state index in [-0.39, 0.29) is 5.41 Å². The second-order valence-electron chi connectivity index (χ2n) is 5.05. The molecule has 0 aromatic carbocycles. The van der Waals surface area contributed by atoms with Crippen molar-refractivity contribution in [2.45, 2.75) is 19.3 Å². The number of hydrogen-bond acceptors (Lipinski definition) is 2. The zero-order valence-electron chi connectivity index (χ0n) is 11.4. The summed E-state index contributed by atoms with van der Waals surface area (Å²) in [5.41, 5.74) is 2.26. The molecule has 0 fully saturated rings. The number of aryl methyl sites for hydroxylation is 2. The number of aromatic nitrogens is 1. The molecule has 0 spiro atoms. The lowest BCUT2D eigenvalue weighted by atomic mass is 9.78. The fourth-order valence-electron chi connectivity index (χ4n) is 2.65. The minimum atomic E-state index is -0.244. The van der Waals surface area contributed by atoms with E-state index in [4.69, 9.17) is 4.42 Å². The molecule has 2 nitrogen and oxygen atoms in total. The quantitative estimate of drug-likeness (QED) is 0.693. The Bertz CT molecular complexity index is 677. The first-order valence-electron chi connectivity index (χ1n) is 6.34. The summed E-state index contributed by atoms with van der Waals surface area (Å²) in [5, 5.41) is 4.32. The van der Waals surface area contributed by atoms with Gasteiger partial charge >= 0.3 is 0 Å². The maximum absolute atomic E-state index is 5.94. The van der Waals surface area contributed by atoms with E-state index < -0.39 is 0 Å². The molecule has 0 amide bonds. The lowest BCUT2D eigenvalue weighted by Gasteiger charge is -2.28. The van der Waals surface area contributed by atoms with Crippen molar-refractivity contribution >= 4 is 11.3 Å². The van der Waals surface area contributed by atoms with Gasteiger partial charge < -0.3 is 8.98 Å². The maximum atomic E-state index is 5.94. The van der Waals surface area contributed by atoms with Crippen LogP contribution in [-0.2, 0) is 12.5 Å². The van der Waals surface area contributed by atoms with Gasteiger partial charge in [0.1, 0.15) is 11.5 Å². The molecule has 0 aliphatic carbocycles. The van der Waals surface area contributed by atoms with Crippen LogP contribution in [-0.4, -0.2) is 4.57 Å². The van der Waals surface area contributed by atoms with Gasteiger partial charge in [0.15, 0.2) is 0 Å². The molecule has 0 N–H and O–H groups in total. The molecule has 19 heavy (non-hydrogen) atoms. The highest BCUT2D eigenvalue weighted by molar-refractivity contribution is 7.08. The van der Waals surface area contributed by atoms with Gasteiger partial charge in [-0.3, -0.25) is 0 Å². The number of hydrogen-bond donors (Lipinski definition) is 0. The third-order valence-electron chi connectivity index (χ3n) is 3.79. The maximum Gasteiger partial charge on any atom is 0.120 e. The standard InChI is InChI=1S/C16H17NOS/c1-12-6-7-15(18-12)16(2,13-8-10-19-11-13)14-5-4-9-17(14)3/h4-11H,1-3H3. The van der Waals surface area contributed by atoms with E-state index >= 15 is 0 Å². The Balaban J connectivity index is 2.25. The van der Waals surface area contributed by atoms with Crippen LogP contribution in [0.5, 0.6) is 0 Å². The molecule has 3 aromatic heterocycles. The predicted octanol–water partition coefficient (Wildman–Crippen LogP) is 4.34. The van der Waals surface area contributed by atoms with Crippen LogP contribution in [0.2, 0.25) is 0 Å². The highest BCUT2D eigenvalue weighted by Gasteiger charge is 2.36. The molecule has 3 heteroatoms. The molecule has 0 aliphatic rings. The van der Waals surface area contributed by atoms with Gasteiger partial charge in [-0.25, -0.2) is 0 Å². The summed E-state index contributed by atoms with van der Waals surface area (Å²) in [6, 6.07) is 10.5. The van der Waals surface area contributed by atoms with E-state index in [1.807, 2.05) is 13.0 Å². The lowest BCUT2D eigenvalue weighted by molar-refractivity contribution is 0.419. The Kier molecular flexibility index (Phi) is 2.86. The van der Waals surface area contributed by atoms with Gasteiger partial charge in [0.25, 0.3) is 0 Å². The summed E-state index contributed by atoms with van der Waals surface area (Å²) in [5.74, 6) is 1.94. The van der Waals surface area contributed by atoms with Gasteiger partial charge in [-0.2, -0.15) is 11.3 Å². The van der Waals surface area contributed by atoms with Crippen LogP contribution in [0.3, 0.4) is 0 Å². The molecule has 0 bridgehead atoms. The van der Waals surface area contributed by atoms with Crippen molar-refractivity contribution in [2.24, 2.45) is 7.05 Å². The molecule has 3 heterocycles. The van der Waals surface area contributed by atoms with Crippen molar-refractivity contribution in [1.29, 1.82) is 0 Å². The molecule has 0 aliphatic heterocycles. The zero-order valence-corrected chi connectivity index (χ0v) is 12.2. The molecule has 0 radical (unpaired) electrons. The Morgan fingerprint density at radius 3 is 2.58 bits per heavy atom. The first-order valence-corrected chi connectivity index (χ1v) is 7.28. The summed E-state index contributed by atoms with van der Waals surface area (Å²) >= 11 is 1.72. The predicted molar refractivity (Wildman–Crippen MR) is 78.7 cm³/mol. The number of thiophene rings is 1. The number of nitrogens with zero attached hydrogens (tertiary/aromatic N) is 1. The Morgan fingerprint density at radius 2 is 2.05 bits per heavy atom. The average Bonchev–Trinajstić information content (AvgIpc) is 3.08. The van der Waals surface area contributed by atoms with Crippen molar-refractivity contribution in [2.75, 3.05) is 0 Å². The van der Waals surface area contributed by atoms with Crippen LogP contribution in [0.4, 0.5) is 0 Å². The molecule has 1 unspecified atom stereocenters. The minimum absolute atomic E-state index is 0.244. The molecule has 0 saturated heterocycles. The van der Waals surface area contributed by atoms with E-state index in [9.17, 15) is 0 Å². The topological polar surface area (TPSA) is 18.1 Å². The molecular formula is C16H17NOS. The minimum Gasteiger partial charge on any atom is -0.465 e. The van der Waals surface area contributed by atoms with E-state index in [0.29, 0.717) is 0 Å². The van der Waals surface area contributed by atoms with E-state index in [1.165, 1.54) is 11.3 Å². The van der Waals surface area contributed by atoms with E-state index in [2.05, 4.69) is 59.8 Å². The molecule has 3 aromatic rings. The van der Waals surface area contributed by atoms with Crippen molar-refractivity contribution in [1.82, 2.24) is 4.57 Å². The largest absolute Gasteiger partial charge is 0.465 e. The smallest absolute Gasteiger partial charge is 0.120 e. The van der Waals surface area contributed by atoms with Gasteiger partial charge in [-0.15, -0.1) is 0 Å². The normalized spacial score (nSPS) is 14.5. The molecule has 1 atom stereocenters. The Hall–Kier alpha value is -1.74. The molecule has 98 valence electrons. The van der Waals surface area contributed by atoms with Gasteiger partial charge in [0.2, 0.25) is 0 Å². The lowest BCUT2D eigenvalue weighted by Crippen LogP contribution is -2.26. The second-order valence-corrected chi connectivity index (χ2v) is 5.83. The second kappa shape index (κ2) is 4.42. The highest BCUT2D eigenvalue weighted by Crippen LogP contribution is 2.40.